The average molecular weight is 348 g/mol. The topological polar surface area (TPSA) is 51.2 Å². The molecular weight excluding hydrogens is 320 g/mol. The van der Waals surface area contributed by atoms with Crippen LogP contribution in [-0.4, -0.2) is 82.0 Å². The van der Waals surface area contributed by atoms with Gasteiger partial charge in [-0.3, -0.25) is 9.69 Å². The van der Waals surface area contributed by atoms with Crippen molar-refractivity contribution in [2.75, 3.05) is 54.1 Å². The van der Waals surface area contributed by atoms with Crippen LogP contribution in [0.4, 0.5) is 0 Å². The quantitative estimate of drug-likeness (QED) is 0.780. The molecule has 1 amide bonds. The monoisotopic (exact) mass is 348 g/mol. The zero-order chi connectivity index (χ0) is 17.8. The highest BCUT2D eigenvalue weighted by Crippen LogP contribution is 2.33. The van der Waals surface area contributed by atoms with Crippen LogP contribution < -0.4 is 4.74 Å². The van der Waals surface area contributed by atoms with Gasteiger partial charge in [0, 0.05) is 51.9 Å². The number of methoxy groups -OCH3 is 3. The van der Waals surface area contributed by atoms with Gasteiger partial charge in [0.2, 0.25) is 0 Å². The second-order valence-electron chi connectivity index (χ2n) is 6.78. The molecule has 6 nitrogen and oxygen atoms in total. The highest BCUT2D eigenvalue weighted by molar-refractivity contribution is 5.95. The third kappa shape index (κ3) is 3.81. The van der Waals surface area contributed by atoms with Gasteiger partial charge in [-0.15, -0.1) is 0 Å². The van der Waals surface area contributed by atoms with Crippen LogP contribution in [0.5, 0.6) is 5.75 Å². The van der Waals surface area contributed by atoms with Crippen LogP contribution in [-0.2, 0) is 9.47 Å². The Balaban J connectivity index is 1.77. The maximum absolute atomic E-state index is 13.1. The van der Waals surface area contributed by atoms with Crippen LogP contribution in [0.1, 0.15) is 16.8 Å². The van der Waals surface area contributed by atoms with Crippen molar-refractivity contribution < 1.29 is 19.0 Å². The summed E-state index contributed by atoms with van der Waals surface area (Å²) in [6, 6.07) is 7.59. The second kappa shape index (κ2) is 8.17. The van der Waals surface area contributed by atoms with Crippen molar-refractivity contribution in [2.24, 2.45) is 5.92 Å². The molecule has 0 spiro atoms. The summed E-state index contributed by atoms with van der Waals surface area (Å²) in [6.45, 7) is 4.16. The van der Waals surface area contributed by atoms with Crippen LogP contribution >= 0.6 is 0 Å². The molecule has 1 aromatic rings. The van der Waals surface area contributed by atoms with Gasteiger partial charge in [-0.2, -0.15) is 0 Å². The minimum Gasteiger partial charge on any atom is -0.497 e. The molecule has 2 heterocycles. The molecule has 3 rings (SSSR count). The van der Waals surface area contributed by atoms with Gasteiger partial charge < -0.3 is 19.1 Å². The van der Waals surface area contributed by atoms with E-state index in [0.717, 1.165) is 32.6 Å². The SMILES string of the molecule is COCCN1C[C@H]2[C@@H](C1)N(C(=O)c1cccc(OC)c1)CC[C@H]2OC. The van der Waals surface area contributed by atoms with Gasteiger partial charge in [0.1, 0.15) is 5.75 Å². The Morgan fingerprint density at radius 2 is 2.08 bits per heavy atom. The fourth-order valence-electron chi connectivity index (χ4n) is 4.11. The number of ether oxygens (including phenoxy) is 3. The van der Waals surface area contributed by atoms with Crippen LogP contribution in [0.25, 0.3) is 0 Å². The Hall–Kier alpha value is -1.63. The lowest BCUT2D eigenvalue weighted by atomic mass is 9.88. The fourth-order valence-corrected chi connectivity index (χ4v) is 4.11. The molecule has 2 fully saturated rings. The fraction of sp³-hybridized carbons (Fsp3) is 0.632. The smallest absolute Gasteiger partial charge is 0.254 e. The maximum Gasteiger partial charge on any atom is 0.254 e. The Morgan fingerprint density at radius 1 is 1.24 bits per heavy atom. The van der Waals surface area contributed by atoms with Gasteiger partial charge in [0.05, 0.1) is 25.9 Å². The van der Waals surface area contributed by atoms with Crippen molar-refractivity contribution in [3.63, 3.8) is 0 Å². The number of amides is 1. The van der Waals surface area contributed by atoms with Gasteiger partial charge in [-0.1, -0.05) is 6.07 Å². The molecule has 0 aromatic heterocycles. The first kappa shape index (κ1) is 18.2. The Labute approximate surface area is 149 Å². The van der Waals surface area contributed by atoms with Crippen molar-refractivity contribution in [1.29, 1.82) is 0 Å². The molecule has 0 bridgehead atoms. The predicted molar refractivity (Wildman–Crippen MR) is 95.0 cm³/mol. The lowest BCUT2D eigenvalue weighted by Crippen LogP contribution is -2.53. The minimum absolute atomic E-state index is 0.0806. The van der Waals surface area contributed by atoms with Gasteiger partial charge in [-0.25, -0.2) is 0 Å². The van der Waals surface area contributed by atoms with Gasteiger partial charge in [0.25, 0.3) is 5.91 Å². The number of carbonyl (C=O) groups excluding carboxylic acids is 1. The number of benzene rings is 1. The van der Waals surface area contributed by atoms with Gasteiger partial charge in [-0.05, 0) is 24.6 Å². The molecular formula is C19H28N2O4. The summed E-state index contributed by atoms with van der Waals surface area (Å²) in [4.78, 5) is 17.5. The van der Waals surface area contributed by atoms with E-state index in [-0.39, 0.29) is 18.1 Å². The van der Waals surface area contributed by atoms with E-state index in [2.05, 4.69) is 4.90 Å². The van der Waals surface area contributed by atoms with Crippen LogP contribution in [0.15, 0.2) is 24.3 Å². The average Bonchev–Trinajstić information content (AvgIpc) is 3.09. The lowest BCUT2D eigenvalue weighted by Gasteiger charge is -2.41. The number of likely N-dealkylation sites (tertiary alicyclic amines) is 2. The molecule has 0 N–H and O–H groups in total. The highest BCUT2D eigenvalue weighted by atomic mass is 16.5. The number of hydrogen-bond donors (Lipinski definition) is 0. The van der Waals surface area contributed by atoms with E-state index < -0.39 is 0 Å². The standard InChI is InChI=1S/C19H28N2O4/c1-23-10-9-20-12-16-17(13-20)21(8-7-18(16)25-3)19(22)14-5-4-6-15(11-14)24-2/h4-6,11,16-18H,7-10,12-13H2,1-3H3/t16-,17+,18+/m0/s1. The molecule has 2 aliphatic rings. The van der Waals surface area contributed by atoms with E-state index in [1.165, 1.54) is 0 Å². The molecule has 2 saturated heterocycles. The normalized spacial score (nSPS) is 26.5. The van der Waals surface area contributed by atoms with E-state index in [9.17, 15) is 4.79 Å². The van der Waals surface area contributed by atoms with Crippen molar-refractivity contribution in [2.45, 2.75) is 18.6 Å². The summed E-state index contributed by atoms with van der Waals surface area (Å²) in [5.41, 5.74) is 0.685. The van der Waals surface area contributed by atoms with Crippen molar-refractivity contribution in [3.05, 3.63) is 29.8 Å². The second-order valence-corrected chi connectivity index (χ2v) is 6.78. The Kier molecular flexibility index (Phi) is 5.93. The van der Waals surface area contributed by atoms with Crippen LogP contribution in [0.2, 0.25) is 0 Å². The van der Waals surface area contributed by atoms with Crippen LogP contribution in [0.3, 0.4) is 0 Å². The molecule has 25 heavy (non-hydrogen) atoms. The number of carbonyl (C=O) groups is 1. The number of nitrogens with zero attached hydrogens (tertiary/aromatic N) is 2. The van der Waals surface area contributed by atoms with Crippen molar-refractivity contribution >= 4 is 5.91 Å². The molecule has 138 valence electrons. The molecule has 0 saturated carbocycles. The Morgan fingerprint density at radius 3 is 2.80 bits per heavy atom. The number of rotatable bonds is 6. The van der Waals surface area contributed by atoms with Gasteiger partial charge >= 0.3 is 0 Å². The van der Waals surface area contributed by atoms with Gasteiger partial charge in [0.15, 0.2) is 0 Å². The summed E-state index contributed by atoms with van der Waals surface area (Å²) in [5.74, 6) is 1.14. The van der Waals surface area contributed by atoms with E-state index >= 15 is 0 Å². The zero-order valence-corrected chi connectivity index (χ0v) is 15.3. The van der Waals surface area contributed by atoms with Crippen LogP contribution in [0, 0.1) is 5.92 Å². The number of fused-ring (bicyclic) bond motifs is 1. The first-order valence-corrected chi connectivity index (χ1v) is 8.87. The molecule has 2 aliphatic heterocycles. The van der Waals surface area contributed by atoms with E-state index in [4.69, 9.17) is 14.2 Å². The largest absolute Gasteiger partial charge is 0.497 e. The lowest BCUT2D eigenvalue weighted by molar-refractivity contribution is -0.0157. The summed E-state index contributed by atoms with van der Waals surface area (Å²) < 4.78 is 16.2. The van der Waals surface area contributed by atoms with E-state index in [1.54, 1.807) is 21.3 Å². The summed E-state index contributed by atoms with van der Waals surface area (Å²) in [6.07, 6.45) is 1.10. The first-order valence-electron chi connectivity index (χ1n) is 8.87. The van der Waals surface area contributed by atoms with Crippen molar-refractivity contribution in [1.82, 2.24) is 9.80 Å². The third-order valence-electron chi connectivity index (χ3n) is 5.43. The third-order valence-corrected chi connectivity index (χ3v) is 5.43. The van der Waals surface area contributed by atoms with E-state index in [1.807, 2.05) is 29.2 Å². The molecule has 1 aromatic carbocycles. The molecule has 3 atom stereocenters. The van der Waals surface area contributed by atoms with Crippen molar-refractivity contribution in [3.8, 4) is 5.75 Å². The predicted octanol–water partition coefficient (Wildman–Crippen LogP) is 1.50. The summed E-state index contributed by atoms with van der Waals surface area (Å²) in [7, 11) is 5.12. The molecule has 0 aliphatic carbocycles. The highest BCUT2D eigenvalue weighted by Gasteiger charge is 2.45. The minimum atomic E-state index is 0.0806. The maximum atomic E-state index is 13.1. The van der Waals surface area contributed by atoms with E-state index in [0.29, 0.717) is 23.8 Å². The molecule has 0 unspecified atom stereocenters. The first-order chi connectivity index (χ1) is 12.2. The number of hydrogen-bond acceptors (Lipinski definition) is 5. The Bertz CT molecular complexity index is 595. The zero-order valence-electron chi connectivity index (χ0n) is 15.3. The number of piperidine rings is 1. The summed E-state index contributed by atoms with van der Waals surface area (Å²) in [5, 5.41) is 0. The summed E-state index contributed by atoms with van der Waals surface area (Å²) >= 11 is 0. The molecule has 0 radical (unpaired) electrons. The molecule has 6 heteroatoms.